The molecule has 1 heterocycles. The summed E-state index contributed by atoms with van der Waals surface area (Å²) >= 11 is 4.72. The minimum Gasteiger partial charge on any atom is -0.482 e. The molecule has 1 aromatic rings. The molecule has 48 valence electrons. The molecule has 0 aromatic carbocycles. The van der Waals surface area contributed by atoms with Crippen molar-refractivity contribution in [3.05, 3.63) is 17.0 Å². The highest BCUT2D eigenvalue weighted by Gasteiger charge is 1.84. The average Bonchev–Trinajstić information content (AvgIpc) is 1.88. The monoisotopic (exact) mass is 142 g/mol. The number of hydrogen-bond donors (Lipinski definition) is 1. The molecule has 0 aliphatic rings. The third-order valence-corrected chi connectivity index (χ3v) is 1.08. The molecule has 0 unspecified atom stereocenters. The van der Waals surface area contributed by atoms with Crippen molar-refractivity contribution in [3.63, 3.8) is 0 Å². The van der Waals surface area contributed by atoms with Gasteiger partial charge < -0.3 is 9.72 Å². The number of methoxy groups -OCH3 is 1. The molecule has 9 heavy (non-hydrogen) atoms. The summed E-state index contributed by atoms with van der Waals surface area (Å²) in [7, 11) is 1.57. The summed E-state index contributed by atoms with van der Waals surface area (Å²) in [6.07, 6.45) is 1.59. The second-order valence-electron chi connectivity index (χ2n) is 1.44. The third-order valence-electron chi connectivity index (χ3n) is 0.868. The van der Waals surface area contributed by atoms with Gasteiger partial charge in [-0.15, -0.1) is 0 Å². The molecule has 0 bridgehead atoms. The van der Waals surface area contributed by atoms with E-state index in [-0.39, 0.29) is 0 Å². The quantitative estimate of drug-likeness (QED) is 0.598. The second-order valence-corrected chi connectivity index (χ2v) is 1.83. The van der Waals surface area contributed by atoms with Gasteiger partial charge in [0.15, 0.2) is 10.7 Å². The molecule has 0 aliphatic carbocycles. The van der Waals surface area contributed by atoms with Gasteiger partial charge in [0.2, 0.25) is 0 Å². The van der Waals surface area contributed by atoms with Gasteiger partial charge in [-0.2, -0.15) is 0 Å². The topological polar surface area (TPSA) is 37.9 Å². The van der Waals surface area contributed by atoms with Crippen LogP contribution in [0.2, 0.25) is 0 Å². The van der Waals surface area contributed by atoms with Crippen LogP contribution in [-0.4, -0.2) is 17.1 Å². The van der Waals surface area contributed by atoms with E-state index in [9.17, 15) is 0 Å². The van der Waals surface area contributed by atoms with Crippen LogP contribution in [0.15, 0.2) is 12.3 Å². The Bertz CT molecular complexity index is 245. The van der Waals surface area contributed by atoms with Gasteiger partial charge in [-0.05, 0) is 12.2 Å². The van der Waals surface area contributed by atoms with Crippen LogP contribution in [0.3, 0.4) is 0 Å². The van der Waals surface area contributed by atoms with Crippen molar-refractivity contribution in [2.45, 2.75) is 0 Å². The molecule has 0 fully saturated rings. The molecule has 4 heteroatoms. The van der Waals surface area contributed by atoms with Gasteiger partial charge in [0, 0.05) is 12.3 Å². The van der Waals surface area contributed by atoms with Crippen LogP contribution in [-0.2, 0) is 0 Å². The van der Waals surface area contributed by atoms with Gasteiger partial charge in [-0.3, -0.25) is 0 Å². The normalized spacial score (nSPS) is 9.00. The van der Waals surface area contributed by atoms with E-state index in [1.54, 1.807) is 19.4 Å². The van der Waals surface area contributed by atoms with Gasteiger partial charge in [0.05, 0.1) is 7.11 Å². The summed E-state index contributed by atoms with van der Waals surface area (Å²) in [5, 5.41) is 0. The predicted molar refractivity (Wildman–Crippen MR) is 36.0 cm³/mol. The van der Waals surface area contributed by atoms with Crippen molar-refractivity contribution in [3.8, 4) is 5.88 Å². The molecule has 0 atom stereocenters. The molecule has 1 rings (SSSR count). The third kappa shape index (κ3) is 1.50. The maximum Gasteiger partial charge on any atom is 0.199 e. The number of hydrogen-bond acceptors (Lipinski definition) is 3. The molecule has 0 saturated heterocycles. The fourth-order valence-electron chi connectivity index (χ4n) is 0.471. The minimum absolute atomic E-state index is 0.439. The predicted octanol–water partition coefficient (Wildman–Crippen LogP) is 1.15. The Labute approximate surface area is 57.7 Å². The van der Waals surface area contributed by atoms with Gasteiger partial charge >= 0.3 is 0 Å². The van der Waals surface area contributed by atoms with Crippen LogP contribution in [0.5, 0.6) is 5.88 Å². The number of rotatable bonds is 1. The zero-order chi connectivity index (χ0) is 6.69. The van der Waals surface area contributed by atoms with Crippen molar-refractivity contribution >= 4 is 12.2 Å². The smallest absolute Gasteiger partial charge is 0.199 e. The first-order chi connectivity index (χ1) is 4.33. The Morgan fingerprint density at radius 2 is 2.56 bits per heavy atom. The Kier molecular flexibility index (Phi) is 1.79. The van der Waals surface area contributed by atoms with E-state index in [1.165, 1.54) is 0 Å². The largest absolute Gasteiger partial charge is 0.482 e. The van der Waals surface area contributed by atoms with Crippen molar-refractivity contribution in [1.29, 1.82) is 0 Å². The fraction of sp³-hybridized carbons (Fsp3) is 0.200. The van der Waals surface area contributed by atoms with E-state index in [0.717, 1.165) is 0 Å². The zero-order valence-corrected chi connectivity index (χ0v) is 5.73. The van der Waals surface area contributed by atoms with Crippen LogP contribution in [0.1, 0.15) is 0 Å². The van der Waals surface area contributed by atoms with Crippen LogP contribution in [0.25, 0.3) is 0 Å². The maximum absolute atomic E-state index is 4.83. The highest BCUT2D eigenvalue weighted by molar-refractivity contribution is 7.71. The van der Waals surface area contributed by atoms with Gasteiger partial charge in [0.25, 0.3) is 0 Å². The van der Waals surface area contributed by atoms with Crippen LogP contribution >= 0.6 is 12.2 Å². The summed E-state index contributed by atoms with van der Waals surface area (Å²) in [6, 6.07) is 1.70. The molecular formula is C5H6N2OS. The number of aromatic amines is 1. The fourth-order valence-corrected chi connectivity index (χ4v) is 0.633. The Morgan fingerprint density at radius 3 is 3.00 bits per heavy atom. The maximum atomic E-state index is 4.83. The number of aromatic nitrogens is 2. The lowest BCUT2D eigenvalue weighted by Crippen LogP contribution is -1.87. The van der Waals surface area contributed by atoms with Crippen molar-refractivity contribution in [2.75, 3.05) is 7.11 Å². The molecule has 0 radical (unpaired) electrons. The zero-order valence-electron chi connectivity index (χ0n) is 4.92. The lowest BCUT2D eigenvalue weighted by atomic mass is 10.6. The number of H-pyrrole nitrogens is 1. The molecule has 0 amide bonds. The number of nitrogens with one attached hydrogen (secondary N) is 1. The lowest BCUT2D eigenvalue weighted by molar-refractivity contribution is 0.396. The molecule has 1 N–H and O–H groups in total. The number of ether oxygens (including phenoxy) is 1. The summed E-state index contributed by atoms with van der Waals surface area (Å²) in [5.74, 6) is 0.634. The minimum atomic E-state index is 0.439. The van der Waals surface area contributed by atoms with Crippen molar-refractivity contribution in [2.24, 2.45) is 0 Å². The van der Waals surface area contributed by atoms with E-state index in [0.29, 0.717) is 10.7 Å². The van der Waals surface area contributed by atoms with Gasteiger partial charge in [0.1, 0.15) is 0 Å². The average molecular weight is 142 g/mol. The lowest BCUT2D eigenvalue weighted by Gasteiger charge is -1.94. The Morgan fingerprint density at radius 1 is 1.78 bits per heavy atom. The first kappa shape index (κ1) is 6.22. The van der Waals surface area contributed by atoms with Crippen LogP contribution in [0, 0.1) is 4.77 Å². The van der Waals surface area contributed by atoms with Crippen molar-refractivity contribution in [1.82, 2.24) is 9.97 Å². The van der Waals surface area contributed by atoms with Crippen molar-refractivity contribution < 1.29 is 4.74 Å². The molecule has 3 nitrogen and oxygen atoms in total. The highest BCUT2D eigenvalue weighted by atomic mass is 32.1. The molecule has 0 aliphatic heterocycles. The first-order valence-electron chi connectivity index (χ1n) is 2.42. The highest BCUT2D eigenvalue weighted by Crippen LogP contribution is 1.99. The van der Waals surface area contributed by atoms with Gasteiger partial charge in [-0.1, -0.05) is 0 Å². The van der Waals surface area contributed by atoms with E-state index < -0.39 is 0 Å². The summed E-state index contributed by atoms with van der Waals surface area (Å²) in [6.45, 7) is 0. The van der Waals surface area contributed by atoms with Crippen LogP contribution < -0.4 is 4.74 Å². The number of nitrogens with zero attached hydrogens (tertiary/aromatic N) is 1. The van der Waals surface area contributed by atoms with E-state index in [2.05, 4.69) is 9.97 Å². The van der Waals surface area contributed by atoms with E-state index in [1.807, 2.05) is 0 Å². The molecule has 1 aromatic heterocycles. The Hall–Kier alpha value is -0.900. The van der Waals surface area contributed by atoms with E-state index in [4.69, 9.17) is 17.0 Å². The summed E-state index contributed by atoms with van der Waals surface area (Å²) in [4.78, 5) is 6.51. The SMILES string of the molecule is COc1ccnc(=S)[nH]1. The first-order valence-corrected chi connectivity index (χ1v) is 2.83. The van der Waals surface area contributed by atoms with Gasteiger partial charge in [-0.25, -0.2) is 4.98 Å². The molecular weight excluding hydrogens is 136 g/mol. The van der Waals surface area contributed by atoms with Crippen LogP contribution in [0.4, 0.5) is 0 Å². The Balaban J connectivity index is 3.08. The summed E-state index contributed by atoms with van der Waals surface area (Å²) in [5.41, 5.74) is 0. The van der Waals surface area contributed by atoms with E-state index >= 15 is 0 Å². The molecule has 0 spiro atoms. The summed E-state index contributed by atoms with van der Waals surface area (Å²) < 4.78 is 5.27. The second kappa shape index (κ2) is 2.59. The standard InChI is InChI=1S/C5H6N2OS/c1-8-4-2-3-6-5(9)7-4/h2-3H,1H3,(H,6,7,9). The molecule has 0 saturated carbocycles.